The van der Waals surface area contributed by atoms with Crippen LogP contribution in [0, 0.1) is 6.92 Å². The Balaban J connectivity index is 2.30. The minimum atomic E-state index is 0.419. The number of nitrogens with two attached hydrogens (primary N) is 1. The van der Waals surface area contributed by atoms with Crippen molar-refractivity contribution in [3.63, 3.8) is 0 Å². The monoisotopic (exact) mass is 301 g/mol. The molecule has 0 bridgehead atoms. The summed E-state index contributed by atoms with van der Waals surface area (Å²) in [7, 11) is 0. The maximum absolute atomic E-state index is 6.12. The number of aryl methyl sites for hydroxylation is 1. The fraction of sp³-hybridized carbons (Fsp3) is 0.188. The van der Waals surface area contributed by atoms with Gasteiger partial charge in [-0.25, -0.2) is 4.98 Å². The number of nitrogens with zero attached hydrogens (tertiary/aromatic N) is 2. The number of hydrogen-bond donors (Lipinski definition) is 1. The molecule has 0 unspecified atom stereocenters. The van der Waals surface area contributed by atoms with Crippen molar-refractivity contribution in [1.82, 2.24) is 9.55 Å². The van der Waals surface area contributed by atoms with E-state index in [4.69, 9.17) is 22.1 Å². The molecular weight excluding hydrogens is 286 g/mol. The summed E-state index contributed by atoms with van der Waals surface area (Å²) in [5.74, 6) is 1.16. The van der Waals surface area contributed by atoms with E-state index in [0.717, 1.165) is 28.0 Å². The number of rotatable bonds is 3. The zero-order chi connectivity index (χ0) is 15.0. The molecule has 2 aromatic carbocycles. The van der Waals surface area contributed by atoms with E-state index in [-0.39, 0.29) is 0 Å². The Labute approximate surface area is 128 Å². The molecule has 0 aliphatic rings. The zero-order valence-corrected chi connectivity index (χ0v) is 12.7. The topological polar surface area (TPSA) is 53.1 Å². The molecule has 0 atom stereocenters. The molecule has 108 valence electrons. The van der Waals surface area contributed by atoms with Crippen LogP contribution in [0.3, 0.4) is 0 Å². The van der Waals surface area contributed by atoms with Crippen molar-refractivity contribution in [3.05, 3.63) is 47.0 Å². The lowest BCUT2D eigenvalue weighted by molar-refractivity contribution is 0.344. The summed E-state index contributed by atoms with van der Waals surface area (Å²) >= 11 is 6.12. The van der Waals surface area contributed by atoms with E-state index in [1.807, 2.05) is 54.8 Å². The summed E-state index contributed by atoms with van der Waals surface area (Å²) in [5, 5.41) is 0.665. The summed E-state index contributed by atoms with van der Waals surface area (Å²) in [5.41, 5.74) is 9.79. The smallest absolute Gasteiger partial charge is 0.206 e. The quantitative estimate of drug-likeness (QED) is 0.796. The first-order valence-electron chi connectivity index (χ1n) is 6.78. The summed E-state index contributed by atoms with van der Waals surface area (Å²) in [6.07, 6.45) is 0. The number of aromatic nitrogens is 2. The SMILES string of the molecule is CCOc1cccc2c1nc(N)n2-c1cc(Cl)ccc1C. The Morgan fingerprint density at radius 2 is 2.10 bits per heavy atom. The first-order valence-corrected chi connectivity index (χ1v) is 7.16. The highest BCUT2D eigenvalue weighted by atomic mass is 35.5. The van der Waals surface area contributed by atoms with Gasteiger partial charge in [-0.05, 0) is 43.7 Å². The van der Waals surface area contributed by atoms with E-state index in [1.165, 1.54) is 0 Å². The van der Waals surface area contributed by atoms with E-state index < -0.39 is 0 Å². The van der Waals surface area contributed by atoms with E-state index in [9.17, 15) is 0 Å². The number of para-hydroxylation sites is 1. The molecule has 2 N–H and O–H groups in total. The molecule has 5 heteroatoms. The van der Waals surface area contributed by atoms with Gasteiger partial charge in [0.1, 0.15) is 11.3 Å². The van der Waals surface area contributed by atoms with Crippen molar-refractivity contribution >= 4 is 28.6 Å². The van der Waals surface area contributed by atoms with Crippen LogP contribution in [-0.4, -0.2) is 16.2 Å². The molecule has 0 amide bonds. The van der Waals surface area contributed by atoms with Gasteiger partial charge in [-0.15, -0.1) is 0 Å². The van der Waals surface area contributed by atoms with Crippen molar-refractivity contribution in [1.29, 1.82) is 0 Å². The number of halogens is 1. The lowest BCUT2D eigenvalue weighted by atomic mass is 10.2. The van der Waals surface area contributed by atoms with Crippen molar-refractivity contribution in [3.8, 4) is 11.4 Å². The van der Waals surface area contributed by atoms with Gasteiger partial charge in [0.15, 0.2) is 0 Å². The summed E-state index contributed by atoms with van der Waals surface area (Å²) in [6, 6.07) is 11.5. The molecule has 1 heterocycles. The molecular formula is C16H16ClN3O. The first kappa shape index (κ1) is 13.8. The number of nitrogen functional groups attached to an aromatic ring is 1. The van der Waals surface area contributed by atoms with E-state index in [1.54, 1.807) is 0 Å². The Hall–Kier alpha value is -2.20. The standard InChI is InChI=1S/C16H16ClN3O/c1-3-21-14-6-4-5-12-15(14)19-16(18)20(12)13-9-11(17)8-7-10(13)2/h4-9H,3H2,1-2H3,(H2,18,19). The van der Waals surface area contributed by atoms with E-state index >= 15 is 0 Å². The van der Waals surface area contributed by atoms with Crippen LogP contribution in [0.5, 0.6) is 5.75 Å². The molecule has 0 saturated carbocycles. The number of benzene rings is 2. The fourth-order valence-corrected chi connectivity index (χ4v) is 2.61. The zero-order valence-electron chi connectivity index (χ0n) is 11.9. The van der Waals surface area contributed by atoms with Crippen LogP contribution < -0.4 is 10.5 Å². The number of imidazole rings is 1. The molecule has 21 heavy (non-hydrogen) atoms. The fourth-order valence-electron chi connectivity index (χ4n) is 2.44. The number of fused-ring (bicyclic) bond motifs is 1. The third-order valence-corrected chi connectivity index (χ3v) is 3.62. The van der Waals surface area contributed by atoms with Gasteiger partial charge in [0.05, 0.1) is 17.8 Å². The lowest BCUT2D eigenvalue weighted by Gasteiger charge is -2.11. The van der Waals surface area contributed by atoms with Gasteiger partial charge in [0, 0.05) is 5.02 Å². The van der Waals surface area contributed by atoms with Crippen molar-refractivity contribution in [2.24, 2.45) is 0 Å². The van der Waals surface area contributed by atoms with Gasteiger partial charge in [0.2, 0.25) is 5.95 Å². The van der Waals surface area contributed by atoms with Crippen molar-refractivity contribution in [2.75, 3.05) is 12.3 Å². The molecule has 0 aliphatic carbocycles. The molecule has 0 fully saturated rings. The molecule has 3 aromatic rings. The van der Waals surface area contributed by atoms with Gasteiger partial charge < -0.3 is 10.5 Å². The van der Waals surface area contributed by atoms with Gasteiger partial charge in [-0.3, -0.25) is 4.57 Å². The van der Waals surface area contributed by atoms with E-state index in [2.05, 4.69) is 4.98 Å². The first-order chi connectivity index (χ1) is 10.1. The van der Waals surface area contributed by atoms with Crippen molar-refractivity contribution in [2.45, 2.75) is 13.8 Å². The average molecular weight is 302 g/mol. The third-order valence-electron chi connectivity index (χ3n) is 3.39. The van der Waals surface area contributed by atoms with Crippen LogP contribution >= 0.6 is 11.6 Å². The normalized spacial score (nSPS) is 11.0. The largest absolute Gasteiger partial charge is 0.492 e. The lowest BCUT2D eigenvalue weighted by Crippen LogP contribution is -2.02. The summed E-state index contributed by atoms with van der Waals surface area (Å²) < 4.78 is 7.52. The minimum absolute atomic E-state index is 0.419. The maximum Gasteiger partial charge on any atom is 0.206 e. The summed E-state index contributed by atoms with van der Waals surface area (Å²) in [6.45, 7) is 4.55. The van der Waals surface area contributed by atoms with Gasteiger partial charge in [0.25, 0.3) is 0 Å². The highest BCUT2D eigenvalue weighted by molar-refractivity contribution is 6.30. The number of anilines is 1. The molecule has 0 aliphatic heterocycles. The van der Waals surface area contributed by atoms with Gasteiger partial charge in [-0.1, -0.05) is 23.7 Å². The molecule has 1 aromatic heterocycles. The predicted molar refractivity (Wildman–Crippen MR) is 86.4 cm³/mol. The Morgan fingerprint density at radius 3 is 2.86 bits per heavy atom. The second-order valence-electron chi connectivity index (χ2n) is 4.79. The molecule has 0 spiro atoms. The van der Waals surface area contributed by atoms with E-state index in [0.29, 0.717) is 17.6 Å². The second kappa shape index (κ2) is 5.30. The Morgan fingerprint density at radius 1 is 1.29 bits per heavy atom. The average Bonchev–Trinajstić information content (AvgIpc) is 2.79. The van der Waals surface area contributed by atoms with Crippen LogP contribution in [0.4, 0.5) is 5.95 Å². The van der Waals surface area contributed by atoms with Crippen LogP contribution in [0.15, 0.2) is 36.4 Å². The Bertz CT molecular complexity index is 811. The Kier molecular flexibility index (Phi) is 3.47. The third kappa shape index (κ3) is 2.32. The number of hydrogen-bond acceptors (Lipinski definition) is 3. The highest BCUT2D eigenvalue weighted by Gasteiger charge is 2.15. The molecule has 4 nitrogen and oxygen atoms in total. The minimum Gasteiger partial charge on any atom is -0.492 e. The highest BCUT2D eigenvalue weighted by Crippen LogP contribution is 2.31. The van der Waals surface area contributed by atoms with Crippen molar-refractivity contribution < 1.29 is 4.74 Å². The molecule has 0 radical (unpaired) electrons. The predicted octanol–water partition coefficient (Wildman–Crippen LogP) is 3.97. The number of ether oxygens (including phenoxy) is 1. The van der Waals surface area contributed by atoms with Crippen LogP contribution in [-0.2, 0) is 0 Å². The van der Waals surface area contributed by atoms with Crippen LogP contribution in [0.25, 0.3) is 16.7 Å². The van der Waals surface area contributed by atoms with Gasteiger partial charge >= 0.3 is 0 Å². The van der Waals surface area contributed by atoms with Gasteiger partial charge in [-0.2, -0.15) is 0 Å². The molecule has 0 saturated heterocycles. The molecule has 3 rings (SSSR count). The van der Waals surface area contributed by atoms with Crippen LogP contribution in [0.2, 0.25) is 5.02 Å². The van der Waals surface area contributed by atoms with Crippen LogP contribution in [0.1, 0.15) is 12.5 Å². The second-order valence-corrected chi connectivity index (χ2v) is 5.23. The summed E-state index contributed by atoms with van der Waals surface area (Å²) in [4.78, 5) is 4.45. The maximum atomic E-state index is 6.12.